The molecular weight excluding hydrogens is 228 g/mol. The Balaban J connectivity index is 2.52. The van der Waals surface area contributed by atoms with Crippen molar-refractivity contribution in [1.82, 2.24) is 0 Å². The lowest BCUT2D eigenvalue weighted by Crippen LogP contribution is -2.45. The SMILES string of the molecule is CCO[Si](CC)(CC)OC(C)C1CCCCC1. The van der Waals surface area contributed by atoms with Gasteiger partial charge in [0.1, 0.15) is 0 Å². The van der Waals surface area contributed by atoms with E-state index in [1.807, 2.05) is 0 Å². The number of hydrogen-bond acceptors (Lipinski definition) is 2. The molecule has 102 valence electrons. The van der Waals surface area contributed by atoms with Gasteiger partial charge < -0.3 is 8.85 Å². The van der Waals surface area contributed by atoms with Gasteiger partial charge in [-0.25, -0.2) is 0 Å². The molecule has 0 amide bonds. The Hall–Kier alpha value is 0.137. The van der Waals surface area contributed by atoms with Crippen LogP contribution in [0.2, 0.25) is 12.1 Å². The van der Waals surface area contributed by atoms with Crippen LogP contribution in [0, 0.1) is 5.92 Å². The lowest BCUT2D eigenvalue weighted by Gasteiger charge is -2.36. The molecule has 1 aliphatic rings. The lowest BCUT2D eigenvalue weighted by atomic mass is 9.86. The summed E-state index contributed by atoms with van der Waals surface area (Å²) in [6.45, 7) is 9.59. The Morgan fingerprint density at radius 3 is 2.12 bits per heavy atom. The van der Waals surface area contributed by atoms with Crippen molar-refractivity contribution in [1.29, 1.82) is 0 Å². The van der Waals surface area contributed by atoms with Gasteiger partial charge in [-0.05, 0) is 44.7 Å². The zero-order valence-electron chi connectivity index (χ0n) is 12.1. The monoisotopic (exact) mass is 258 g/mol. The van der Waals surface area contributed by atoms with Crippen molar-refractivity contribution < 1.29 is 8.85 Å². The van der Waals surface area contributed by atoms with Crippen molar-refractivity contribution in [2.24, 2.45) is 5.92 Å². The second-order valence-electron chi connectivity index (χ2n) is 5.27. The molecule has 0 aliphatic heterocycles. The molecule has 2 nitrogen and oxygen atoms in total. The molecule has 1 aliphatic carbocycles. The second kappa shape index (κ2) is 7.55. The van der Waals surface area contributed by atoms with E-state index in [4.69, 9.17) is 8.85 Å². The van der Waals surface area contributed by atoms with Gasteiger partial charge in [0.25, 0.3) is 0 Å². The highest BCUT2D eigenvalue weighted by atomic mass is 28.4. The normalized spacial score (nSPS) is 20.5. The van der Waals surface area contributed by atoms with Crippen LogP contribution in [0.4, 0.5) is 0 Å². The second-order valence-corrected chi connectivity index (χ2v) is 9.03. The van der Waals surface area contributed by atoms with Crippen molar-refractivity contribution in [3.05, 3.63) is 0 Å². The van der Waals surface area contributed by atoms with Gasteiger partial charge in [-0.3, -0.25) is 0 Å². The van der Waals surface area contributed by atoms with Crippen molar-refractivity contribution in [2.75, 3.05) is 6.61 Å². The summed E-state index contributed by atoms with van der Waals surface area (Å²) in [5, 5.41) is 0. The summed E-state index contributed by atoms with van der Waals surface area (Å²) in [5.74, 6) is 0.772. The maximum atomic E-state index is 6.43. The van der Waals surface area contributed by atoms with Crippen LogP contribution >= 0.6 is 0 Å². The molecule has 0 saturated heterocycles. The third-order valence-electron chi connectivity index (χ3n) is 4.20. The molecule has 17 heavy (non-hydrogen) atoms. The molecule has 1 fully saturated rings. The zero-order valence-corrected chi connectivity index (χ0v) is 13.1. The van der Waals surface area contributed by atoms with Crippen LogP contribution in [0.25, 0.3) is 0 Å². The molecule has 0 N–H and O–H groups in total. The molecular formula is C14H30O2Si. The Morgan fingerprint density at radius 1 is 1.06 bits per heavy atom. The van der Waals surface area contributed by atoms with Crippen LogP contribution in [0.5, 0.6) is 0 Å². The van der Waals surface area contributed by atoms with Gasteiger partial charge in [-0.1, -0.05) is 33.1 Å². The molecule has 0 aromatic rings. The summed E-state index contributed by atoms with van der Waals surface area (Å²) >= 11 is 0. The van der Waals surface area contributed by atoms with E-state index in [2.05, 4.69) is 27.7 Å². The first-order valence-electron chi connectivity index (χ1n) is 7.49. The Bertz CT molecular complexity index is 198. The Kier molecular flexibility index (Phi) is 6.74. The standard InChI is InChI=1S/C14H30O2Si/c1-5-15-17(6-2,7-3)16-13(4)14-11-9-8-10-12-14/h13-14H,5-12H2,1-4H3. The maximum absolute atomic E-state index is 6.43. The average molecular weight is 258 g/mol. The summed E-state index contributed by atoms with van der Waals surface area (Å²) in [6.07, 6.45) is 7.29. The minimum Gasteiger partial charge on any atom is -0.394 e. The number of rotatable bonds is 7. The molecule has 0 heterocycles. The van der Waals surface area contributed by atoms with E-state index in [0.717, 1.165) is 24.6 Å². The molecule has 0 aromatic heterocycles. The van der Waals surface area contributed by atoms with E-state index < -0.39 is 8.56 Å². The molecule has 0 aromatic carbocycles. The third kappa shape index (κ3) is 4.38. The van der Waals surface area contributed by atoms with Gasteiger partial charge in [-0.15, -0.1) is 0 Å². The highest BCUT2D eigenvalue weighted by Crippen LogP contribution is 2.31. The van der Waals surface area contributed by atoms with E-state index in [1.165, 1.54) is 32.1 Å². The van der Waals surface area contributed by atoms with Crippen molar-refractivity contribution in [2.45, 2.75) is 78.0 Å². The summed E-state index contributed by atoms with van der Waals surface area (Å²) < 4.78 is 12.4. The third-order valence-corrected chi connectivity index (χ3v) is 7.97. The molecule has 0 bridgehead atoms. The van der Waals surface area contributed by atoms with Crippen molar-refractivity contribution >= 4 is 8.56 Å². The highest BCUT2D eigenvalue weighted by Gasteiger charge is 2.37. The molecule has 1 saturated carbocycles. The van der Waals surface area contributed by atoms with Crippen LogP contribution in [0.15, 0.2) is 0 Å². The first-order valence-corrected chi connectivity index (χ1v) is 9.72. The summed E-state index contributed by atoms with van der Waals surface area (Å²) in [5.41, 5.74) is 0. The predicted octanol–water partition coefficient (Wildman–Crippen LogP) is 4.49. The Labute approximate surface area is 108 Å². The first-order chi connectivity index (χ1) is 8.17. The minimum absolute atomic E-state index is 0.397. The zero-order chi connectivity index (χ0) is 12.7. The van der Waals surface area contributed by atoms with Gasteiger partial charge in [0.15, 0.2) is 0 Å². The van der Waals surface area contributed by atoms with Crippen molar-refractivity contribution in [3.8, 4) is 0 Å². The fraction of sp³-hybridized carbons (Fsp3) is 1.00. The first kappa shape index (κ1) is 15.2. The highest BCUT2D eigenvalue weighted by molar-refractivity contribution is 6.67. The molecule has 1 rings (SSSR count). The molecule has 3 heteroatoms. The van der Waals surface area contributed by atoms with Gasteiger partial charge in [0.05, 0.1) is 0 Å². The van der Waals surface area contributed by atoms with Gasteiger partial charge in [-0.2, -0.15) is 0 Å². The fourth-order valence-electron chi connectivity index (χ4n) is 2.96. The van der Waals surface area contributed by atoms with Crippen LogP contribution in [-0.2, 0) is 8.85 Å². The predicted molar refractivity (Wildman–Crippen MR) is 75.5 cm³/mol. The van der Waals surface area contributed by atoms with Gasteiger partial charge in [0, 0.05) is 12.7 Å². The fourth-order valence-corrected chi connectivity index (χ4v) is 5.66. The molecule has 0 spiro atoms. The van der Waals surface area contributed by atoms with E-state index in [9.17, 15) is 0 Å². The number of hydrogen-bond donors (Lipinski definition) is 0. The summed E-state index contributed by atoms with van der Waals surface area (Å²) in [6, 6.07) is 2.16. The quantitative estimate of drug-likeness (QED) is 0.626. The minimum atomic E-state index is -1.89. The van der Waals surface area contributed by atoms with Crippen molar-refractivity contribution in [3.63, 3.8) is 0 Å². The van der Waals surface area contributed by atoms with Crippen LogP contribution in [0.3, 0.4) is 0 Å². The van der Waals surface area contributed by atoms with Gasteiger partial charge in [0.2, 0.25) is 0 Å². The maximum Gasteiger partial charge on any atom is 0.337 e. The topological polar surface area (TPSA) is 18.5 Å². The molecule has 0 radical (unpaired) electrons. The van der Waals surface area contributed by atoms with Gasteiger partial charge >= 0.3 is 8.56 Å². The Morgan fingerprint density at radius 2 is 1.65 bits per heavy atom. The average Bonchev–Trinajstić information content (AvgIpc) is 2.39. The van der Waals surface area contributed by atoms with E-state index in [0.29, 0.717) is 6.10 Å². The van der Waals surface area contributed by atoms with Crippen LogP contribution in [0.1, 0.15) is 59.8 Å². The smallest absolute Gasteiger partial charge is 0.337 e. The summed E-state index contributed by atoms with van der Waals surface area (Å²) in [4.78, 5) is 0. The largest absolute Gasteiger partial charge is 0.394 e. The lowest BCUT2D eigenvalue weighted by molar-refractivity contribution is 0.0710. The molecule has 1 unspecified atom stereocenters. The van der Waals surface area contributed by atoms with Crippen LogP contribution < -0.4 is 0 Å². The summed E-state index contributed by atoms with van der Waals surface area (Å²) in [7, 11) is -1.89. The van der Waals surface area contributed by atoms with Crippen LogP contribution in [-0.4, -0.2) is 21.3 Å². The van der Waals surface area contributed by atoms with E-state index in [1.54, 1.807) is 0 Å². The van der Waals surface area contributed by atoms with E-state index in [-0.39, 0.29) is 0 Å². The van der Waals surface area contributed by atoms with E-state index >= 15 is 0 Å². The molecule has 1 atom stereocenters.